The first-order valence-electron chi connectivity index (χ1n) is 5.74. The lowest BCUT2D eigenvalue weighted by Gasteiger charge is -2.12. The van der Waals surface area contributed by atoms with Gasteiger partial charge >= 0.3 is 0 Å². The molecular weight excluding hydrogens is 392 g/mol. The summed E-state index contributed by atoms with van der Waals surface area (Å²) in [5.74, 6) is 0.607. The van der Waals surface area contributed by atoms with Gasteiger partial charge in [0, 0.05) is 4.47 Å². The summed E-state index contributed by atoms with van der Waals surface area (Å²) in [6.07, 6.45) is 0.0377. The van der Waals surface area contributed by atoms with E-state index in [-0.39, 0.29) is 11.9 Å². The molecule has 0 bridgehead atoms. The SMILES string of the molecule is CC(C)Oc1ccccc1C(=O)c1cc(Br)c(Br)s1. The number of thiophene rings is 1. The Morgan fingerprint density at radius 2 is 1.95 bits per heavy atom. The van der Waals surface area contributed by atoms with Gasteiger partial charge in [0.25, 0.3) is 0 Å². The Hall–Kier alpha value is -0.650. The van der Waals surface area contributed by atoms with Gasteiger partial charge in [0.2, 0.25) is 5.78 Å². The molecule has 0 radical (unpaired) electrons. The summed E-state index contributed by atoms with van der Waals surface area (Å²) in [5.41, 5.74) is 0.595. The highest BCUT2D eigenvalue weighted by Crippen LogP contribution is 2.34. The summed E-state index contributed by atoms with van der Waals surface area (Å²) in [7, 11) is 0. The van der Waals surface area contributed by atoms with Crippen molar-refractivity contribution in [1.82, 2.24) is 0 Å². The first kappa shape index (κ1) is 14.8. The number of hydrogen-bond donors (Lipinski definition) is 0. The minimum Gasteiger partial charge on any atom is -0.490 e. The number of halogens is 2. The monoisotopic (exact) mass is 402 g/mol. The zero-order valence-electron chi connectivity index (χ0n) is 10.4. The average Bonchev–Trinajstić information content (AvgIpc) is 2.69. The van der Waals surface area contributed by atoms with Crippen molar-refractivity contribution in [3.05, 3.63) is 49.0 Å². The molecular formula is C14H12Br2O2S. The lowest BCUT2D eigenvalue weighted by atomic mass is 10.1. The normalized spacial score (nSPS) is 10.8. The molecule has 2 rings (SSSR count). The summed E-state index contributed by atoms with van der Waals surface area (Å²) in [6.45, 7) is 3.89. The Labute approximate surface area is 133 Å². The molecule has 1 heterocycles. The fourth-order valence-corrected chi connectivity index (χ4v) is 3.59. The smallest absolute Gasteiger partial charge is 0.206 e. The number of para-hydroxylation sites is 1. The number of ketones is 1. The van der Waals surface area contributed by atoms with E-state index >= 15 is 0 Å². The third-order valence-corrected chi connectivity index (χ3v) is 5.62. The van der Waals surface area contributed by atoms with Crippen LogP contribution in [-0.4, -0.2) is 11.9 Å². The van der Waals surface area contributed by atoms with E-state index in [0.29, 0.717) is 16.2 Å². The number of rotatable bonds is 4. The summed E-state index contributed by atoms with van der Waals surface area (Å²) < 4.78 is 7.49. The number of carbonyl (C=O) groups is 1. The van der Waals surface area contributed by atoms with Crippen LogP contribution in [0.5, 0.6) is 5.75 Å². The summed E-state index contributed by atoms with van der Waals surface area (Å²) in [5, 5.41) is 0. The molecule has 0 aliphatic carbocycles. The average molecular weight is 404 g/mol. The molecule has 19 heavy (non-hydrogen) atoms. The van der Waals surface area contributed by atoms with Crippen LogP contribution < -0.4 is 4.74 Å². The van der Waals surface area contributed by atoms with Crippen LogP contribution in [0.1, 0.15) is 29.1 Å². The van der Waals surface area contributed by atoms with Gasteiger partial charge in [-0.15, -0.1) is 11.3 Å². The molecule has 1 aromatic heterocycles. The summed E-state index contributed by atoms with van der Waals surface area (Å²) in [6, 6.07) is 9.16. The topological polar surface area (TPSA) is 26.3 Å². The lowest BCUT2D eigenvalue weighted by molar-refractivity contribution is 0.103. The molecule has 0 saturated carbocycles. The highest BCUT2D eigenvalue weighted by atomic mass is 79.9. The van der Waals surface area contributed by atoms with Crippen molar-refractivity contribution in [2.45, 2.75) is 20.0 Å². The van der Waals surface area contributed by atoms with Crippen molar-refractivity contribution in [2.24, 2.45) is 0 Å². The highest BCUT2D eigenvalue weighted by Gasteiger charge is 2.18. The Kier molecular flexibility index (Phi) is 4.81. The van der Waals surface area contributed by atoms with Gasteiger partial charge in [-0.25, -0.2) is 0 Å². The molecule has 0 amide bonds. The van der Waals surface area contributed by atoms with Gasteiger partial charge < -0.3 is 4.74 Å². The molecule has 2 nitrogen and oxygen atoms in total. The van der Waals surface area contributed by atoms with E-state index in [1.54, 1.807) is 6.07 Å². The third kappa shape index (κ3) is 3.46. The number of carbonyl (C=O) groups excluding carboxylic acids is 1. The largest absolute Gasteiger partial charge is 0.490 e. The maximum atomic E-state index is 12.5. The van der Waals surface area contributed by atoms with E-state index in [4.69, 9.17) is 4.74 Å². The van der Waals surface area contributed by atoms with E-state index in [0.717, 1.165) is 8.26 Å². The van der Waals surface area contributed by atoms with E-state index < -0.39 is 0 Å². The summed E-state index contributed by atoms with van der Waals surface area (Å²) >= 11 is 8.21. The van der Waals surface area contributed by atoms with Crippen LogP contribution in [0, 0.1) is 0 Å². The van der Waals surface area contributed by atoms with Crippen molar-refractivity contribution >= 4 is 49.0 Å². The minimum atomic E-state index is -0.0207. The van der Waals surface area contributed by atoms with Crippen LogP contribution in [0.3, 0.4) is 0 Å². The Morgan fingerprint density at radius 1 is 1.26 bits per heavy atom. The number of hydrogen-bond acceptors (Lipinski definition) is 3. The number of ether oxygens (including phenoxy) is 1. The highest BCUT2D eigenvalue weighted by molar-refractivity contribution is 9.13. The first-order chi connectivity index (χ1) is 8.99. The quantitative estimate of drug-likeness (QED) is 0.648. The molecule has 0 spiro atoms. The van der Waals surface area contributed by atoms with Gasteiger partial charge in [-0.05, 0) is 63.9 Å². The van der Waals surface area contributed by atoms with Gasteiger partial charge in [0.1, 0.15) is 5.75 Å². The molecule has 0 aliphatic rings. The van der Waals surface area contributed by atoms with Crippen LogP contribution in [-0.2, 0) is 0 Å². The van der Waals surface area contributed by atoms with Crippen molar-refractivity contribution in [2.75, 3.05) is 0 Å². The fourth-order valence-electron chi connectivity index (χ4n) is 1.60. The fraction of sp³-hybridized carbons (Fsp3) is 0.214. The van der Waals surface area contributed by atoms with Gasteiger partial charge in [0.05, 0.1) is 20.3 Å². The maximum Gasteiger partial charge on any atom is 0.206 e. The number of benzene rings is 1. The summed E-state index contributed by atoms with van der Waals surface area (Å²) in [4.78, 5) is 13.2. The predicted octanol–water partition coefficient (Wildman–Crippen LogP) is 5.29. The first-order valence-corrected chi connectivity index (χ1v) is 8.14. The van der Waals surface area contributed by atoms with Crippen LogP contribution in [0.25, 0.3) is 0 Å². The standard InChI is InChI=1S/C14H12Br2O2S/c1-8(2)18-11-6-4-3-5-9(11)13(17)12-7-10(15)14(16)19-12/h3-8H,1-2H3. The van der Waals surface area contributed by atoms with Crippen molar-refractivity contribution in [1.29, 1.82) is 0 Å². The van der Waals surface area contributed by atoms with Crippen molar-refractivity contribution < 1.29 is 9.53 Å². The molecule has 0 fully saturated rings. The molecule has 0 N–H and O–H groups in total. The Morgan fingerprint density at radius 3 is 2.53 bits per heavy atom. The second kappa shape index (κ2) is 6.20. The van der Waals surface area contributed by atoms with E-state index in [1.165, 1.54) is 11.3 Å². The third-order valence-electron chi connectivity index (χ3n) is 2.36. The molecule has 0 atom stereocenters. The van der Waals surface area contributed by atoms with Crippen molar-refractivity contribution in [3.63, 3.8) is 0 Å². The van der Waals surface area contributed by atoms with E-state index in [9.17, 15) is 4.79 Å². The van der Waals surface area contributed by atoms with Crippen LogP contribution >= 0.6 is 43.2 Å². The predicted molar refractivity (Wildman–Crippen MR) is 85.4 cm³/mol. The molecule has 1 aromatic carbocycles. The zero-order chi connectivity index (χ0) is 14.0. The Balaban J connectivity index is 2.38. The molecule has 2 aromatic rings. The molecule has 5 heteroatoms. The van der Waals surface area contributed by atoms with Crippen molar-refractivity contribution in [3.8, 4) is 5.75 Å². The van der Waals surface area contributed by atoms with E-state index in [1.807, 2.05) is 38.1 Å². The van der Waals surface area contributed by atoms with Crippen LogP contribution in [0.4, 0.5) is 0 Å². The lowest BCUT2D eigenvalue weighted by Crippen LogP contribution is -2.10. The van der Waals surface area contributed by atoms with Crippen LogP contribution in [0.2, 0.25) is 0 Å². The van der Waals surface area contributed by atoms with E-state index in [2.05, 4.69) is 31.9 Å². The van der Waals surface area contributed by atoms with Gasteiger partial charge in [0.15, 0.2) is 0 Å². The zero-order valence-corrected chi connectivity index (χ0v) is 14.4. The molecule has 0 unspecified atom stereocenters. The van der Waals surface area contributed by atoms with Gasteiger partial charge in [-0.3, -0.25) is 4.79 Å². The van der Waals surface area contributed by atoms with Crippen LogP contribution in [0.15, 0.2) is 38.6 Å². The maximum absolute atomic E-state index is 12.5. The Bertz CT molecular complexity index is 586. The second-order valence-electron chi connectivity index (χ2n) is 4.22. The van der Waals surface area contributed by atoms with Gasteiger partial charge in [-0.2, -0.15) is 0 Å². The second-order valence-corrected chi connectivity index (χ2v) is 7.45. The molecule has 0 saturated heterocycles. The van der Waals surface area contributed by atoms with Gasteiger partial charge in [-0.1, -0.05) is 12.1 Å². The minimum absolute atomic E-state index is 0.0207. The molecule has 0 aliphatic heterocycles. The molecule has 100 valence electrons.